The number of likely N-dealkylation sites (tertiary alicyclic amines) is 1. The Morgan fingerprint density at radius 2 is 1.78 bits per heavy atom. The number of nitrogens with zero attached hydrogens (tertiary/aromatic N) is 4. The van der Waals surface area contributed by atoms with Crippen molar-refractivity contribution in [3.8, 4) is 5.75 Å². The van der Waals surface area contributed by atoms with Gasteiger partial charge in [-0.2, -0.15) is 0 Å². The Morgan fingerprint density at radius 1 is 1.02 bits per heavy atom. The summed E-state index contributed by atoms with van der Waals surface area (Å²) in [6.45, 7) is 5.55. The Bertz CT molecular complexity index is 1540. The number of pyridine rings is 1. The number of methoxy groups -OCH3 is 1. The van der Waals surface area contributed by atoms with Crippen molar-refractivity contribution in [1.29, 1.82) is 0 Å². The summed E-state index contributed by atoms with van der Waals surface area (Å²) < 4.78 is 23.6. The molecule has 3 saturated heterocycles. The van der Waals surface area contributed by atoms with E-state index in [-0.39, 0.29) is 17.0 Å². The number of anilines is 2. The van der Waals surface area contributed by atoms with Crippen LogP contribution in [0.5, 0.6) is 5.75 Å². The molecule has 4 fully saturated rings. The average molecular weight is 561 g/mol. The highest BCUT2D eigenvalue weighted by atomic mass is 19.1. The highest BCUT2D eigenvalue weighted by Gasteiger charge is 2.41. The van der Waals surface area contributed by atoms with Gasteiger partial charge in [-0.05, 0) is 74.8 Å². The number of piperidine rings is 1. The summed E-state index contributed by atoms with van der Waals surface area (Å²) in [5, 5.41) is 9.69. The molecule has 4 aliphatic rings. The van der Waals surface area contributed by atoms with Crippen molar-refractivity contribution in [2.75, 3.05) is 49.6 Å². The number of rotatable bonds is 7. The number of fused-ring (bicyclic) bond motifs is 2. The van der Waals surface area contributed by atoms with Gasteiger partial charge in [0.1, 0.15) is 11.3 Å². The van der Waals surface area contributed by atoms with Crippen LogP contribution in [0.1, 0.15) is 60.5 Å². The molecule has 0 amide bonds. The van der Waals surface area contributed by atoms with E-state index in [1.807, 2.05) is 4.57 Å². The third-order valence-corrected chi connectivity index (χ3v) is 9.58. The second-order valence-corrected chi connectivity index (χ2v) is 12.2. The number of carboxylic acids is 1. The molecular weight excluding hydrogens is 523 g/mol. The molecular formula is C32H37FN4O4. The Hall–Kier alpha value is -3.59. The van der Waals surface area contributed by atoms with Gasteiger partial charge >= 0.3 is 5.97 Å². The van der Waals surface area contributed by atoms with Crippen LogP contribution in [0.2, 0.25) is 0 Å². The second kappa shape index (κ2) is 10.4. The SMILES string of the molecule is COc1c(N2C[C@@H]3CCCN(Cc4ccc(N5CCCC5)cc4)[C@@H]3C2)c(F)cc2c(=O)c(C(=O)O)cn(C3CC3)c12. The molecule has 0 radical (unpaired) electrons. The summed E-state index contributed by atoms with van der Waals surface area (Å²) in [7, 11) is 1.51. The van der Waals surface area contributed by atoms with E-state index in [0.29, 0.717) is 42.0 Å². The minimum atomic E-state index is -1.30. The van der Waals surface area contributed by atoms with Gasteiger partial charge in [-0.3, -0.25) is 9.69 Å². The molecule has 1 saturated carbocycles. The molecule has 8 nitrogen and oxygen atoms in total. The Kier molecular flexibility index (Phi) is 6.64. The second-order valence-electron chi connectivity index (χ2n) is 12.2. The van der Waals surface area contributed by atoms with Crippen molar-refractivity contribution in [2.24, 2.45) is 5.92 Å². The topological polar surface area (TPSA) is 78.2 Å². The van der Waals surface area contributed by atoms with Crippen LogP contribution in [-0.4, -0.2) is 66.4 Å². The Balaban J connectivity index is 1.20. The molecule has 1 aliphatic carbocycles. The van der Waals surface area contributed by atoms with Gasteiger partial charge in [0.05, 0.1) is 18.0 Å². The molecule has 4 heterocycles. The van der Waals surface area contributed by atoms with Gasteiger partial charge in [0.25, 0.3) is 0 Å². The lowest BCUT2D eigenvalue weighted by Crippen LogP contribution is -2.44. The van der Waals surface area contributed by atoms with E-state index in [0.717, 1.165) is 51.9 Å². The lowest BCUT2D eigenvalue weighted by atomic mass is 9.91. The van der Waals surface area contributed by atoms with Crippen LogP contribution < -0.4 is 20.0 Å². The van der Waals surface area contributed by atoms with Crippen LogP contribution in [0.3, 0.4) is 0 Å². The van der Waals surface area contributed by atoms with E-state index in [1.165, 1.54) is 43.5 Å². The number of aromatic carboxylic acids is 1. The fourth-order valence-electron chi connectivity index (χ4n) is 7.40. The lowest BCUT2D eigenvalue weighted by Gasteiger charge is -2.37. The van der Waals surface area contributed by atoms with Crippen molar-refractivity contribution in [3.05, 3.63) is 63.7 Å². The molecule has 7 rings (SSSR count). The van der Waals surface area contributed by atoms with Gasteiger partial charge in [-0.25, -0.2) is 9.18 Å². The van der Waals surface area contributed by atoms with E-state index < -0.39 is 17.2 Å². The van der Waals surface area contributed by atoms with Crippen molar-refractivity contribution in [3.63, 3.8) is 0 Å². The molecule has 41 heavy (non-hydrogen) atoms. The first-order valence-electron chi connectivity index (χ1n) is 14.9. The molecule has 216 valence electrons. The average Bonchev–Trinajstić information content (AvgIpc) is 3.47. The van der Waals surface area contributed by atoms with Crippen molar-refractivity contribution >= 4 is 28.2 Å². The monoisotopic (exact) mass is 560 g/mol. The first-order valence-corrected chi connectivity index (χ1v) is 14.9. The molecule has 3 aliphatic heterocycles. The highest BCUT2D eigenvalue weighted by Crippen LogP contribution is 2.45. The largest absolute Gasteiger partial charge is 0.492 e. The first kappa shape index (κ1) is 26.3. The molecule has 0 unspecified atom stereocenters. The number of aromatic nitrogens is 1. The van der Waals surface area contributed by atoms with E-state index in [1.54, 1.807) is 0 Å². The van der Waals surface area contributed by atoms with Crippen LogP contribution in [0.4, 0.5) is 15.8 Å². The summed E-state index contributed by atoms with van der Waals surface area (Å²) in [6.07, 6.45) is 7.91. The van der Waals surface area contributed by atoms with E-state index >= 15 is 4.39 Å². The summed E-state index contributed by atoms with van der Waals surface area (Å²) in [6, 6.07) is 10.6. The third-order valence-electron chi connectivity index (χ3n) is 9.58. The number of hydrogen-bond acceptors (Lipinski definition) is 6. The van der Waals surface area contributed by atoms with Gasteiger partial charge in [0.2, 0.25) is 5.43 Å². The van der Waals surface area contributed by atoms with Crippen molar-refractivity contribution in [1.82, 2.24) is 9.47 Å². The van der Waals surface area contributed by atoms with Gasteiger partial charge < -0.3 is 24.2 Å². The maximum Gasteiger partial charge on any atom is 0.341 e. The van der Waals surface area contributed by atoms with E-state index in [9.17, 15) is 14.7 Å². The number of ether oxygens (including phenoxy) is 1. The lowest BCUT2D eigenvalue weighted by molar-refractivity contribution is 0.0694. The minimum Gasteiger partial charge on any atom is -0.492 e. The molecule has 1 N–H and O–H groups in total. The van der Waals surface area contributed by atoms with Crippen molar-refractivity contribution < 1.29 is 19.0 Å². The summed E-state index contributed by atoms with van der Waals surface area (Å²) in [4.78, 5) is 32.0. The smallest absolute Gasteiger partial charge is 0.341 e. The summed E-state index contributed by atoms with van der Waals surface area (Å²) in [5.41, 5.74) is 2.45. The van der Waals surface area contributed by atoms with Crippen LogP contribution >= 0.6 is 0 Å². The van der Waals surface area contributed by atoms with Gasteiger partial charge in [0, 0.05) is 56.7 Å². The highest BCUT2D eigenvalue weighted by molar-refractivity contribution is 5.97. The van der Waals surface area contributed by atoms with E-state index in [2.05, 4.69) is 39.0 Å². The van der Waals surface area contributed by atoms with E-state index in [4.69, 9.17) is 4.74 Å². The fraction of sp³-hybridized carbons (Fsp3) is 0.500. The maximum absolute atomic E-state index is 15.9. The maximum atomic E-state index is 15.9. The van der Waals surface area contributed by atoms with Crippen molar-refractivity contribution in [2.45, 2.75) is 57.2 Å². The zero-order valence-corrected chi connectivity index (χ0v) is 23.5. The predicted octanol–water partition coefficient (Wildman–Crippen LogP) is 4.88. The zero-order chi connectivity index (χ0) is 28.2. The number of carboxylic acid groups (broad SMARTS) is 1. The van der Waals surface area contributed by atoms with Crippen LogP contribution in [0, 0.1) is 11.7 Å². The predicted molar refractivity (Wildman–Crippen MR) is 157 cm³/mol. The van der Waals surface area contributed by atoms with Crippen LogP contribution in [-0.2, 0) is 6.54 Å². The first-order chi connectivity index (χ1) is 19.9. The molecule has 1 aromatic heterocycles. The number of benzene rings is 2. The number of hydrogen-bond donors (Lipinski definition) is 1. The van der Waals surface area contributed by atoms with Crippen LogP contribution in [0.15, 0.2) is 41.3 Å². The van der Waals surface area contributed by atoms with Crippen LogP contribution in [0.25, 0.3) is 10.9 Å². The molecule has 2 atom stereocenters. The quantitative estimate of drug-likeness (QED) is 0.441. The number of carbonyl (C=O) groups is 1. The Labute approximate surface area is 238 Å². The normalized spacial score (nSPS) is 22.9. The van der Waals surface area contributed by atoms with Gasteiger partial charge in [0.15, 0.2) is 11.6 Å². The molecule has 0 bridgehead atoms. The minimum absolute atomic E-state index is 0.0607. The molecule has 2 aromatic carbocycles. The zero-order valence-electron chi connectivity index (χ0n) is 23.5. The number of halogens is 1. The third kappa shape index (κ3) is 4.64. The molecule has 9 heteroatoms. The molecule has 3 aromatic rings. The van der Waals surface area contributed by atoms with Gasteiger partial charge in [-0.15, -0.1) is 0 Å². The summed E-state index contributed by atoms with van der Waals surface area (Å²) >= 11 is 0. The fourth-order valence-corrected chi connectivity index (χ4v) is 7.40. The molecule has 0 spiro atoms. The summed E-state index contributed by atoms with van der Waals surface area (Å²) in [5.74, 6) is -1.11. The van der Waals surface area contributed by atoms with Gasteiger partial charge in [-0.1, -0.05) is 12.1 Å². The Morgan fingerprint density at radius 3 is 2.46 bits per heavy atom. The standard InChI is InChI=1S/C32H37FN4O4/c1-41-31-28-24(30(38)25(32(39)40)18-37(28)23-10-11-23)15-26(33)29(31)36-17-21-5-4-14-35(27(21)19-36)16-20-6-8-22(9-7-20)34-12-2-3-13-34/h6-9,15,18,21,23,27H,2-5,10-14,16-17,19H2,1H3,(H,39,40)/t21-,27+/m0/s1.